The van der Waals surface area contributed by atoms with Crippen molar-refractivity contribution in [2.75, 3.05) is 31.7 Å². The summed E-state index contributed by atoms with van der Waals surface area (Å²) in [5.74, 6) is 1.29. The Kier molecular flexibility index (Phi) is 8.46. The molecule has 0 bridgehead atoms. The molecular weight excluding hydrogens is 398 g/mol. The number of ether oxygens (including phenoxy) is 2. The number of anilines is 1. The summed E-state index contributed by atoms with van der Waals surface area (Å²) < 4.78 is 16.9. The molecule has 6 nitrogen and oxygen atoms in total. The lowest BCUT2D eigenvalue weighted by atomic mass is 10.2. The predicted octanol–water partition coefficient (Wildman–Crippen LogP) is 4.71. The average molecular weight is 432 g/mol. The highest BCUT2D eigenvalue weighted by Gasteiger charge is 2.38. The Hall–Kier alpha value is -2.35. The van der Waals surface area contributed by atoms with E-state index in [9.17, 15) is 4.79 Å². The van der Waals surface area contributed by atoms with E-state index in [-0.39, 0.29) is 17.6 Å². The molecule has 7 heteroatoms. The molecule has 2 aromatic carbocycles. The Labute approximate surface area is 180 Å². The van der Waals surface area contributed by atoms with Gasteiger partial charge in [0.25, 0.3) is 5.91 Å². The lowest BCUT2D eigenvalue weighted by Crippen LogP contribution is -2.43. The number of hydrogen-bond acceptors (Lipinski definition) is 5. The largest absolute Gasteiger partial charge is 0.544 e. The van der Waals surface area contributed by atoms with Gasteiger partial charge >= 0.3 is 0 Å². The fraction of sp³-hybridized carbons (Fsp3) is 0.435. The molecule has 0 unspecified atom stereocenters. The highest BCUT2D eigenvalue weighted by atomic mass is 28.4. The second-order valence-electron chi connectivity index (χ2n) is 8.55. The summed E-state index contributed by atoms with van der Waals surface area (Å²) in [6.07, 6.45) is 0. The van der Waals surface area contributed by atoms with Crippen LogP contribution < -0.4 is 14.5 Å². The van der Waals surface area contributed by atoms with Gasteiger partial charge in [-0.15, -0.1) is 0 Å². The van der Waals surface area contributed by atoms with Crippen molar-refractivity contribution in [3.05, 3.63) is 54.1 Å². The Morgan fingerprint density at radius 2 is 1.53 bits per heavy atom. The van der Waals surface area contributed by atoms with Gasteiger partial charge in [0, 0.05) is 11.3 Å². The van der Waals surface area contributed by atoms with Crippen LogP contribution in [0.5, 0.6) is 11.5 Å². The summed E-state index contributed by atoms with van der Waals surface area (Å²) in [6, 6.07) is 14.4. The molecule has 0 saturated carbocycles. The van der Waals surface area contributed by atoms with Crippen molar-refractivity contribution < 1.29 is 23.8 Å². The number of aliphatic hydroxyl groups is 1. The van der Waals surface area contributed by atoms with Crippen LogP contribution >= 0.6 is 0 Å². The first-order chi connectivity index (χ1) is 14.1. The van der Waals surface area contributed by atoms with E-state index >= 15 is 0 Å². The first-order valence-corrected chi connectivity index (χ1v) is 13.0. The molecule has 0 radical (unpaired) electrons. The van der Waals surface area contributed by atoms with Crippen LogP contribution in [0.3, 0.4) is 0 Å². The Morgan fingerprint density at radius 1 is 0.933 bits per heavy atom. The smallest absolute Gasteiger partial charge is 0.255 e. The maximum absolute atomic E-state index is 12.5. The summed E-state index contributed by atoms with van der Waals surface area (Å²) in [5.41, 5.74) is 1.25. The first-order valence-electron chi connectivity index (χ1n) is 10.1. The molecule has 0 aliphatic carbocycles. The van der Waals surface area contributed by atoms with Crippen LogP contribution in [0.15, 0.2) is 48.5 Å². The molecular formula is C23H33NO5Si. The van der Waals surface area contributed by atoms with Gasteiger partial charge in [0.05, 0.1) is 19.8 Å². The van der Waals surface area contributed by atoms with E-state index in [0.29, 0.717) is 36.8 Å². The molecule has 1 amide bonds. The molecule has 2 rings (SSSR count). The highest BCUT2D eigenvalue weighted by molar-refractivity contribution is 6.74. The molecule has 0 aliphatic heterocycles. The third kappa shape index (κ3) is 7.16. The summed E-state index contributed by atoms with van der Waals surface area (Å²) in [5, 5.41) is 11.7. The van der Waals surface area contributed by atoms with Crippen LogP contribution in [-0.4, -0.2) is 45.8 Å². The molecule has 2 N–H and O–H groups in total. The van der Waals surface area contributed by atoms with E-state index in [2.05, 4.69) is 39.2 Å². The molecule has 0 spiro atoms. The summed E-state index contributed by atoms with van der Waals surface area (Å²) >= 11 is 0. The molecule has 164 valence electrons. The van der Waals surface area contributed by atoms with Crippen LogP contribution in [0.2, 0.25) is 18.1 Å². The van der Waals surface area contributed by atoms with E-state index in [0.717, 1.165) is 5.75 Å². The molecule has 30 heavy (non-hydrogen) atoms. The topological polar surface area (TPSA) is 77.0 Å². The van der Waals surface area contributed by atoms with Crippen molar-refractivity contribution >= 4 is 19.9 Å². The third-order valence-electron chi connectivity index (χ3n) is 5.14. The minimum absolute atomic E-state index is 0.00378. The zero-order valence-electron chi connectivity index (χ0n) is 18.5. The number of benzene rings is 2. The van der Waals surface area contributed by atoms with E-state index in [1.165, 1.54) is 0 Å². The minimum Gasteiger partial charge on any atom is -0.544 e. The van der Waals surface area contributed by atoms with Gasteiger partial charge in [-0.1, -0.05) is 20.8 Å². The molecule has 0 atom stereocenters. The Balaban J connectivity index is 1.88. The lowest BCUT2D eigenvalue weighted by Gasteiger charge is -2.36. The summed E-state index contributed by atoms with van der Waals surface area (Å²) in [4.78, 5) is 12.5. The van der Waals surface area contributed by atoms with Gasteiger partial charge in [0.2, 0.25) is 8.32 Å². The molecule has 0 heterocycles. The Bertz CT molecular complexity index is 798. The molecule has 0 saturated heterocycles. The van der Waals surface area contributed by atoms with Crippen LogP contribution in [0.25, 0.3) is 0 Å². The number of amides is 1. The monoisotopic (exact) mass is 431 g/mol. The average Bonchev–Trinajstić information content (AvgIpc) is 2.68. The number of nitrogens with one attached hydrogen (secondary N) is 1. The number of carbonyl (C=O) groups excluding carboxylic acids is 1. The zero-order chi connectivity index (χ0) is 22.2. The number of rotatable bonds is 10. The fourth-order valence-electron chi connectivity index (χ4n) is 2.34. The van der Waals surface area contributed by atoms with Crippen LogP contribution in [0, 0.1) is 0 Å². The molecule has 0 aliphatic rings. The van der Waals surface area contributed by atoms with Gasteiger partial charge in [-0.3, -0.25) is 4.79 Å². The molecule has 2 aromatic rings. The fourth-order valence-corrected chi connectivity index (χ4v) is 3.38. The highest BCUT2D eigenvalue weighted by Crippen LogP contribution is 2.37. The van der Waals surface area contributed by atoms with Crippen molar-refractivity contribution in [3.63, 3.8) is 0 Å². The summed E-state index contributed by atoms with van der Waals surface area (Å²) in [6.45, 7) is 12.1. The summed E-state index contributed by atoms with van der Waals surface area (Å²) in [7, 11) is -1.89. The van der Waals surface area contributed by atoms with E-state index in [4.69, 9.17) is 19.0 Å². The second kappa shape index (κ2) is 10.6. The quantitative estimate of drug-likeness (QED) is 0.421. The maximum atomic E-state index is 12.5. The molecule has 0 aromatic heterocycles. The predicted molar refractivity (Wildman–Crippen MR) is 122 cm³/mol. The van der Waals surface area contributed by atoms with Gasteiger partial charge < -0.3 is 24.3 Å². The van der Waals surface area contributed by atoms with Gasteiger partial charge in [-0.2, -0.15) is 0 Å². The van der Waals surface area contributed by atoms with Crippen molar-refractivity contribution in [1.82, 2.24) is 0 Å². The van der Waals surface area contributed by atoms with Crippen LogP contribution in [-0.2, 0) is 4.74 Å². The van der Waals surface area contributed by atoms with Crippen molar-refractivity contribution in [2.24, 2.45) is 0 Å². The van der Waals surface area contributed by atoms with Gasteiger partial charge in [0.1, 0.15) is 18.1 Å². The number of hydrogen-bond donors (Lipinski definition) is 2. The third-order valence-corrected chi connectivity index (χ3v) is 9.50. The minimum atomic E-state index is -1.89. The zero-order valence-corrected chi connectivity index (χ0v) is 19.5. The van der Waals surface area contributed by atoms with Crippen molar-refractivity contribution in [3.8, 4) is 11.5 Å². The van der Waals surface area contributed by atoms with Gasteiger partial charge in [0.15, 0.2) is 0 Å². The SMILES string of the molecule is CC(C)(C)[Si](C)(C)Oc1ccc(NC(=O)c2ccc(OCCOCCO)cc2)cc1. The van der Waals surface area contributed by atoms with Crippen molar-refractivity contribution in [1.29, 1.82) is 0 Å². The number of carbonyl (C=O) groups is 1. The second-order valence-corrected chi connectivity index (χ2v) is 13.3. The maximum Gasteiger partial charge on any atom is 0.255 e. The van der Waals surface area contributed by atoms with Crippen LogP contribution in [0.4, 0.5) is 5.69 Å². The van der Waals surface area contributed by atoms with Gasteiger partial charge in [-0.25, -0.2) is 0 Å². The Morgan fingerprint density at radius 3 is 2.10 bits per heavy atom. The van der Waals surface area contributed by atoms with E-state index < -0.39 is 8.32 Å². The van der Waals surface area contributed by atoms with E-state index in [1.807, 2.05) is 24.3 Å². The molecule has 0 fully saturated rings. The van der Waals surface area contributed by atoms with Crippen molar-refractivity contribution in [2.45, 2.75) is 38.9 Å². The standard InChI is InChI=1S/C23H33NO5Si/c1-23(2,3)30(4,5)29-21-12-8-19(9-13-21)24-22(26)18-6-10-20(11-7-18)28-17-16-27-15-14-25/h6-13,25H,14-17H2,1-5H3,(H,24,26). The van der Waals surface area contributed by atoms with Crippen LogP contribution in [0.1, 0.15) is 31.1 Å². The normalized spacial score (nSPS) is 11.8. The number of aliphatic hydroxyl groups excluding tert-OH is 1. The van der Waals surface area contributed by atoms with Gasteiger partial charge in [-0.05, 0) is 66.7 Å². The first kappa shape index (κ1) is 23.9. The van der Waals surface area contributed by atoms with E-state index in [1.54, 1.807) is 24.3 Å². The lowest BCUT2D eigenvalue weighted by molar-refractivity contribution is 0.0705.